The molecular weight excluding hydrogens is 387 g/mol. The maximum absolute atomic E-state index is 5.98. The number of guanidine groups is 1. The lowest BCUT2D eigenvalue weighted by Crippen LogP contribution is -2.43. The van der Waals surface area contributed by atoms with E-state index >= 15 is 0 Å². The molecule has 0 aromatic carbocycles. The molecule has 0 heterocycles. The second kappa shape index (κ2) is 11.9. The fourth-order valence-electron chi connectivity index (χ4n) is 2.62. The van der Waals surface area contributed by atoms with E-state index in [1.165, 1.54) is 19.3 Å². The quantitative estimate of drug-likeness (QED) is 0.247. The molecule has 0 saturated heterocycles. The van der Waals surface area contributed by atoms with Crippen molar-refractivity contribution in [1.29, 1.82) is 0 Å². The van der Waals surface area contributed by atoms with Gasteiger partial charge in [0.05, 0.1) is 6.54 Å². The second-order valence-electron chi connectivity index (χ2n) is 6.25. The molecule has 1 rings (SSSR count). The number of nitrogens with one attached hydrogen (secondary N) is 1. The van der Waals surface area contributed by atoms with E-state index in [9.17, 15) is 0 Å². The van der Waals surface area contributed by atoms with Crippen LogP contribution in [0.15, 0.2) is 30.3 Å². The van der Waals surface area contributed by atoms with Crippen LogP contribution in [-0.4, -0.2) is 43.1 Å². The normalized spacial score (nSPS) is 16.8. The third-order valence-corrected chi connectivity index (χ3v) is 4.21. The predicted molar refractivity (Wildman–Crippen MR) is 108 cm³/mol. The number of halogens is 1. The van der Waals surface area contributed by atoms with Crippen LogP contribution in [0.4, 0.5) is 0 Å². The number of aliphatic imine (C=N–C) groups is 1. The first-order valence-corrected chi connectivity index (χ1v) is 8.08. The Hall–Kier alpha value is -0.560. The minimum atomic E-state index is 0. The van der Waals surface area contributed by atoms with Crippen LogP contribution in [0.3, 0.4) is 0 Å². The lowest BCUT2D eigenvalue weighted by atomic mass is 9.85. The zero-order chi connectivity index (χ0) is 15.7. The van der Waals surface area contributed by atoms with Gasteiger partial charge in [0.2, 0.25) is 0 Å². The molecule has 0 aliphatic heterocycles. The van der Waals surface area contributed by atoms with E-state index in [-0.39, 0.29) is 24.0 Å². The highest BCUT2D eigenvalue weighted by Gasteiger charge is 2.20. The highest BCUT2D eigenvalue weighted by molar-refractivity contribution is 14.0. The number of nitrogens with zero attached hydrogens (tertiary/aromatic N) is 2. The molecular formula is C17H33IN4. The van der Waals surface area contributed by atoms with Gasteiger partial charge in [-0.15, -0.1) is 37.1 Å². The Morgan fingerprint density at radius 2 is 1.91 bits per heavy atom. The van der Waals surface area contributed by atoms with Crippen LogP contribution < -0.4 is 11.1 Å². The van der Waals surface area contributed by atoms with Crippen molar-refractivity contribution in [2.45, 2.75) is 39.2 Å². The van der Waals surface area contributed by atoms with Gasteiger partial charge >= 0.3 is 0 Å². The van der Waals surface area contributed by atoms with Crippen molar-refractivity contribution < 1.29 is 0 Å². The van der Waals surface area contributed by atoms with Crippen molar-refractivity contribution in [3.8, 4) is 0 Å². The smallest absolute Gasteiger partial charge is 0.188 e. The van der Waals surface area contributed by atoms with Crippen molar-refractivity contribution >= 4 is 29.9 Å². The maximum Gasteiger partial charge on any atom is 0.188 e. The number of hydrogen-bond donors (Lipinski definition) is 2. The van der Waals surface area contributed by atoms with Crippen molar-refractivity contribution in [1.82, 2.24) is 10.2 Å². The van der Waals surface area contributed by atoms with E-state index in [1.54, 1.807) is 0 Å². The predicted octanol–water partition coefficient (Wildman–Crippen LogP) is 3.01. The summed E-state index contributed by atoms with van der Waals surface area (Å²) in [5.74, 6) is 1.87. The van der Waals surface area contributed by atoms with Gasteiger partial charge in [0.15, 0.2) is 5.96 Å². The van der Waals surface area contributed by atoms with Crippen molar-refractivity contribution in [2.75, 3.05) is 26.2 Å². The largest absolute Gasteiger partial charge is 0.370 e. The SMILES string of the molecule is C=CCN(CC=C)C(CN=C(N)NCC1CCC1)C(C)C.I. The van der Waals surface area contributed by atoms with Gasteiger partial charge in [-0.2, -0.15) is 0 Å². The summed E-state index contributed by atoms with van der Waals surface area (Å²) in [5, 5.41) is 3.25. The summed E-state index contributed by atoms with van der Waals surface area (Å²) in [6.45, 7) is 15.5. The molecule has 4 nitrogen and oxygen atoms in total. The van der Waals surface area contributed by atoms with E-state index < -0.39 is 0 Å². The van der Waals surface area contributed by atoms with Gasteiger partial charge in [-0.25, -0.2) is 0 Å². The molecule has 0 spiro atoms. The van der Waals surface area contributed by atoms with Gasteiger partial charge in [-0.1, -0.05) is 32.4 Å². The van der Waals surface area contributed by atoms with Crippen LogP contribution in [0, 0.1) is 11.8 Å². The second-order valence-corrected chi connectivity index (χ2v) is 6.25. The summed E-state index contributed by atoms with van der Waals surface area (Å²) < 4.78 is 0. The van der Waals surface area contributed by atoms with Gasteiger partial charge in [-0.05, 0) is 24.7 Å². The van der Waals surface area contributed by atoms with Crippen molar-refractivity contribution in [3.05, 3.63) is 25.3 Å². The fraction of sp³-hybridized carbons (Fsp3) is 0.706. The van der Waals surface area contributed by atoms with Crippen LogP contribution in [0.5, 0.6) is 0 Å². The summed E-state index contributed by atoms with van der Waals surface area (Å²) in [4.78, 5) is 6.88. The molecule has 0 radical (unpaired) electrons. The minimum absolute atomic E-state index is 0. The van der Waals surface area contributed by atoms with Gasteiger partial charge in [-0.3, -0.25) is 9.89 Å². The lowest BCUT2D eigenvalue weighted by molar-refractivity contribution is 0.195. The van der Waals surface area contributed by atoms with Gasteiger partial charge in [0.1, 0.15) is 0 Å². The molecule has 1 aliphatic carbocycles. The first-order chi connectivity index (χ1) is 10.1. The Morgan fingerprint density at radius 1 is 1.32 bits per heavy atom. The Kier molecular flexibility index (Phi) is 11.6. The van der Waals surface area contributed by atoms with Gasteiger partial charge < -0.3 is 11.1 Å². The maximum atomic E-state index is 5.98. The Labute approximate surface area is 153 Å². The molecule has 1 saturated carbocycles. The molecule has 1 aliphatic rings. The molecule has 1 atom stereocenters. The highest BCUT2D eigenvalue weighted by Crippen LogP contribution is 2.24. The molecule has 5 heteroatoms. The average Bonchev–Trinajstić information content (AvgIpc) is 2.37. The van der Waals surface area contributed by atoms with E-state index in [4.69, 9.17) is 5.73 Å². The Balaban J connectivity index is 0.00000441. The molecule has 0 aromatic rings. The van der Waals surface area contributed by atoms with Crippen LogP contribution in [0.1, 0.15) is 33.1 Å². The Morgan fingerprint density at radius 3 is 2.32 bits per heavy atom. The van der Waals surface area contributed by atoms with Gasteiger partial charge in [0, 0.05) is 25.7 Å². The Bertz CT molecular complexity index is 341. The third-order valence-electron chi connectivity index (χ3n) is 4.21. The molecule has 0 aromatic heterocycles. The molecule has 128 valence electrons. The molecule has 22 heavy (non-hydrogen) atoms. The lowest BCUT2D eigenvalue weighted by Gasteiger charge is -2.32. The monoisotopic (exact) mass is 420 g/mol. The topological polar surface area (TPSA) is 53.6 Å². The zero-order valence-electron chi connectivity index (χ0n) is 14.1. The summed E-state index contributed by atoms with van der Waals surface area (Å²) in [7, 11) is 0. The summed E-state index contributed by atoms with van der Waals surface area (Å²) in [6, 6.07) is 0.352. The number of hydrogen-bond acceptors (Lipinski definition) is 2. The molecule has 3 N–H and O–H groups in total. The van der Waals surface area contributed by atoms with Gasteiger partial charge in [0.25, 0.3) is 0 Å². The zero-order valence-corrected chi connectivity index (χ0v) is 16.5. The summed E-state index contributed by atoms with van der Waals surface area (Å²) in [6.07, 6.45) is 7.86. The summed E-state index contributed by atoms with van der Waals surface area (Å²) >= 11 is 0. The standard InChI is InChI=1S/C17H32N4.HI/c1-5-10-21(11-6-2)16(14(3)4)13-20-17(18)19-12-15-8-7-9-15;/h5-6,14-16H,1-2,7-13H2,3-4H3,(H3,18,19,20);1H. The minimum Gasteiger partial charge on any atom is -0.370 e. The number of nitrogens with two attached hydrogens (primary N) is 1. The van der Waals surface area contributed by atoms with Crippen molar-refractivity contribution in [2.24, 2.45) is 22.6 Å². The molecule has 0 amide bonds. The van der Waals surface area contributed by atoms with Crippen LogP contribution in [0.25, 0.3) is 0 Å². The van der Waals surface area contributed by atoms with E-state index in [0.29, 0.717) is 24.5 Å². The number of rotatable bonds is 10. The third kappa shape index (κ3) is 7.63. The van der Waals surface area contributed by atoms with Crippen LogP contribution in [-0.2, 0) is 0 Å². The van der Waals surface area contributed by atoms with E-state index in [0.717, 1.165) is 25.6 Å². The molecule has 1 fully saturated rings. The average molecular weight is 420 g/mol. The van der Waals surface area contributed by atoms with E-state index in [2.05, 4.69) is 42.2 Å². The highest BCUT2D eigenvalue weighted by atomic mass is 127. The van der Waals surface area contributed by atoms with Crippen LogP contribution >= 0.6 is 24.0 Å². The van der Waals surface area contributed by atoms with Crippen molar-refractivity contribution in [3.63, 3.8) is 0 Å². The summed E-state index contributed by atoms with van der Waals surface area (Å²) in [5.41, 5.74) is 5.98. The first kappa shape index (κ1) is 21.4. The molecule has 0 bridgehead atoms. The molecule has 1 unspecified atom stereocenters. The first-order valence-electron chi connectivity index (χ1n) is 8.08. The van der Waals surface area contributed by atoms with E-state index in [1.807, 2.05) is 12.2 Å². The fourth-order valence-corrected chi connectivity index (χ4v) is 2.62. The van der Waals surface area contributed by atoms with Crippen LogP contribution in [0.2, 0.25) is 0 Å².